The van der Waals surface area contributed by atoms with Crippen molar-refractivity contribution < 1.29 is 28.1 Å². The molecule has 1 atom stereocenters. The summed E-state index contributed by atoms with van der Waals surface area (Å²) in [5, 5.41) is 0.776. The second-order valence-corrected chi connectivity index (χ2v) is 8.64. The highest BCUT2D eigenvalue weighted by atomic mass is 16.9. The highest BCUT2D eigenvalue weighted by Gasteiger charge is 2.52. The van der Waals surface area contributed by atoms with Crippen LogP contribution in [0.25, 0.3) is 17.0 Å². The summed E-state index contributed by atoms with van der Waals surface area (Å²) in [6.45, 7) is 8.61. The van der Waals surface area contributed by atoms with Crippen LogP contribution in [-0.4, -0.2) is 25.8 Å². The van der Waals surface area contributed by atoms with Gasteiger partial charge in [-0.3, -0.25) is 0 Å². The van der Waals surface area contributed by atoms with Crippen molar-refractivity contribution in [1.29, 1.82) is 0 Å². The van der Waals surface area contributed by atoms with Gasteiger partial charge < -0.3 is 28.1 Å². The Morgan fingerprint density at radius 1 is 1.17 bits per heavy atom. The molecular weight excluding hydrogens is 388 g/mol. The molecule has 0 aliphatic carbocycles. The molecule has 0 radical (unpaired) electrons. The van der Waals surface area contributed by atoms with E-state index in [1.807, 2.05) is 32.9 Å². The Labute approximate surface area is 174 Å². The first-order chi connectivity index (χ1) is 14.4. The predicted molar refractivity (Wildman–Crippen MR) is 110 cm³/mol. The Balaban J connectivity index is 1.93. The summed E-state index contributed by atoms with van der Waals surface area (Å²) in [5.41, 5.74) is 1.78. The molecule has 7 nitrogen and oxygen atoms in total. The number of aryl methyl sites for hydroxylation is 1. The van der Waals surface area contributed by atoms with Crippen LogP contribution in [0.15, 0.2) is 21.4 Å². The van der Waals surface area contributed by atoms with Crippen LogP contribution >= 0.6 is 0 Å². The van der Waals surface area contributed by atoms with Crippen molar-refractivity contribution in [3.8, 4) is 11.5 Å². The van der Waals surface area contributed by atoms with Gasteiger partial charge in [0.05, 0.1) is 23.1 Å². The Bertz CT molecular complexity index is 1090. The number of hydrogen-bond acceptors (Lipinski definition) is 7. The van der Waals surface area contributed by atoms with Crippen LogP contribution in [0.5, 0.6) is 11.5 Å². The van der Waals surface area contributed by atoms with Crippen LogP contribution in [0, 0.1) is 5.92 Å². The standard InChI is InChI=1S/C23H26O7/c1-5-6-14-9-16(24)29-21-17(14)19-15(7-8-22(3,4)30-19)20-18(21)23(13(2)10-26-20)27-11-25-12-28-23/h7-9,13H,5-6,10-12H2,1-4H3/t13-/m0/s1. The van der Waals surface area contributed by atoms with Gasteiger partial charge in [-0.2, -0.15) is 0 Å². The van der Waals surface area contributed by atoms with E-state index >= 15 is 0 Å². The fraction of sp³-hybridized carbons (Fsp3) is 0.522. The summed E-state index contributed by atoms with van der Waals surface area (Å²) in [4.78, 5) is 12.5. The first kappa shape index (κ1) is 19.6. The lowest BCUT2D eigenvalue weighted by Gasteiger charge is -2.45. The lowest BCUT2D eigenvalue weighted by atomic mass is 9.84. The van der Waals surface area contributed by atoms with Gasteiger partial charge in [-0.15, -0.1) is 0 Å². The molecule has 2 aromatic rings. The largest absolute Gasteiger partial charge is 0.492 e. The molecule has 0 unspecified atom stereocenters. The molecule has 0 N–H and O–H groups in total. The minimum atomic E-state index is -1.12. The Morgan fingerprint density at radius 2 is 1.93 bits per heavy atom. The average molecular weight is 414 g/mol. The molecule has 1 saturated heterocycles. The quantitative estimate of drug-likeness (QED) is 0.685. The summed E-state index contributed by atoms with van der Waals surface area (Å²) >= 11 is 0. The van der Waals surface area contributed by atoms with Gasteiger partial charge >= 0.3 is 5.63 Å². The molecule has 7 heteroatoms. The average Bonchev–Trinajstić information content (AvgIpc) is 2.70. The smallest absolute Gasteiger partial charge is 0.336 e. The van der Waals surface area contributed by atoms with Crippen LogP contribution in [-0.2, 0) is 26.4 Å². The van der Waals surface area contributed by atoms with Gasteiger partial charge in [0.2, 0.25) is 5.79 Å². The van der Waals surface area contributed by atoms with E-state index in [0.29, 0.717) is 29.3 Å². The number of rotatable bonds is 2. The third-order valence-corrected chi connectivity index (χ3v) is 5.94. The van der Waals surface area contributed by atoms with Crippen molar-refractivity contribution in [3.05, 3.63) is 39.3 Å². The Hall–Kier alpha value is -2.35. The van der Waals surface area contributed by atoms with Crippen molar-refractivity contribution in [1.82, 2.24) is 0 Å². The molecule has 1 aromatic carbocycles. The molecule has 0 bridgehead atoms. The summed E-state index contributed by atoms with van der Waals surface area (Å²) in [7, 11) is 0. The van der Waals surface area contributed by atoms with Gasteiger partial charge in [-0.25, -0.2) is 4.79 Å². The van der Waals surface area contributed by atoms with E-state index in [0.717, 1.165) is 29.4 Å². The number of benzene rings is 1. The highest BCUT2D eigenvalue weighted by molar-refractivity contribution is 5.97. The summed E-state index contributed by atoms with van der Waals surface area (Å²) in [5.74, 6) is -0.0257. The van der Waals surface area contributed by atoms with Gasteiger partial charge in [0.25, 0.3) is 0 Å². The van der Waals surface area contributed by atoms with Crippen LogP contribution < -0.4 is 15.1 Å². The van der Waals surface area contributed by atoms with Crippen LogP contribution in [0.4, 0.5) is 0 Å². The molecule has 3 aliphatic rings. The van der Waals surface area contributed by atoms with E-state index in [2.05, 4.69) is 6.92 Å². The van der Waals surface area contributed by atoms with Gasteiger partial charge in [0, 0.05) is 12.0 Å². The molecule has 160 valence electrons. The Morgan fingerprint density at radius 3 is 2.67 bits per heavy atom. The number of hydrogen-bond donors (Lipinski definition) is 0. The summed E-state index contributed by atoms with van der Waals surface area (Å²) in [6.07, 6.45) is 5.61. The molecule has 5 rings (SSSR count). The third-order valence-electron chi connectivity index (χ3n) is 5.94. The second-order valence-electron chi connectivity index (χ2n) is 8.64. The third kappa shape index (κ3) is 2.80. The fourth-order valence-corrected chi connectivity index (χ4v) is 4.54. The maximum absolute atomic E-state index is 12.5. The first-order valence-electron chi connectivity index (χ1n) is 10.4. The van der Waals surface area contributed by atoms with Crippen molar-refractivity contribution in [2.75, 3.05) is 20.2 Å². The zero-order valence-corrected chi connectivity index (χ0v) is 17.7. The highest BCUT2D eigenvalue weighted by Crippen LogP contribution is 2.55. The normalized spacial score (nSPS) is 23.5. The maximum Gasteiger partial charge on any atom is 0.336 e. The lowest BCUT2D eigenvalue weighted by molar-refractivity contribution is -0.390. The summed E-state index contributed by atoms with van der Waals surface area (Å²) in [6, 6.07) is 1.55. The minimum Gasteiger partial charge on any atom is -0.492 e. The van der Waals surface area contributed by atoms with E-state index in [1.54, 1.807) is 6.07 Å². The lowest BCUT2D eigenvalue weighted by Crippen LogP contribution is -2.49. The van der Waals surface area contributed by atoms with Gasteiger partial charge in [-0.1, -0.05) is 20.3 Å². The zero-order valence-electron chi connectivity index (χ0n) is 17.7. The monoisotopic (exact) mass is 414 g/mol. The fourth-order valence-electron chi connectivity index (χ4n) is 4.54. The van der Waals surface area contributed by atoms with E-state index in [4.69, 9.17) is 28.1 Å². The molecular formula is C23H26O7. The molecule has 1 spiro atoms. The summed E-state index contributed by atoms with van der Waals surface area (Å²) < 4.78 is 35.8. The number of ether oxygens (including phenoxy) is 5. The molecule has 4 heterocycles. The molecule has 0 amide bonds. The van der Waals surface area contributed by atoms with E-state index in [1.165, 1.54) is 0 Å². The van der Waals surface area contributed by atoms with Gasteiger partial charge in [-0.05, 0) is 38.0 Å². The minimum absolute atomic E-state index is 0.0839. The van der Waals surface area contributed by atoms with Crippen LogP contribution in [0.3, 0.4) is 0 Å². The SMILES string of the molecule is CCCc1cc(=O)oc2c3c(c4c(c12)OC(C)(C)C=C4)OC[C@H](C)C31OCOCO1. The molecule has 1 fully saturated rings. The van der Waals surface area contributed by atoms with Gasteiger partial charge in [0.1, 0.15) is 17.1 Å². The van der Waals surface area contributed by atoms with Crippen molar-refractivity contribution in [2.45, 2.75) is 51.9 Å². The van der Waals surface area contributed by atoms with Crippen molar-refractivity contribution in [3.63, 3.8) is 0 Å². The van der Waals surface area contributed by atoms with Gasteiger partial charge in [0.15, 0.2) is 19.2 Å². The van der Waals surface area contributed by atoms with E-state index in [-0.39, 0.29) is 19.5 Å². The maximum atomic E-state index is 12.5. The van der Waals surface area contributed by atoms with E-state index in [9.17, 15) is 4.79 Å². The molecule has 0 saturated carbocycles. The van der Waals surface area contributed by atoms with E-state index < -0.39 is 17.0 Å². The first-order valence-corrected chi connectivity index (χ1v) is 10.4. The van der Waals surface area contributed by atoms with Crippen molar-refractivity contribution in [2.24, 2.45) is 5.92 Å². The molecule has 3 aliphatic heterocycles. The predicted octanol–water partition coefficient (Wildman–Crippen LogP) is 4.09. The zero-order chi connectivity index (χ0) is 21.1. The van der Waals surface area contributed by atoms with Crippen LogP contribution in [0.1, 0.15) is 50.8 Å². The van der Waals surface area contributed by atoms with Crippen molar-refractivity contribution >= 4 is 17.0 Å². The number of fused-ring (bicyclic) bond motifs is 7. The Kier molecular flexibility index (Phi) is 4.47. The molecule has 30 heavy (non-hydrogen) atoms. The molecule has 1 aromatic heterocycles. The second kappa shape index (κ2) is 6.83. The van der Waals surface area contributed by atoms with Crippen LogP contribution in [0.2, 0.25) is 0 Å². The topological polar surface area (TPSA) is 76.4 Å².